The second kappa shape index (κ2) is 8.12. The van der Waals surface area contributed by atoms with Gasteiger partial charge in [0.1, 0.15) is 5.75 Å². The Morgan fingerprint density at radius 3 is 2.30 bits per heavy atom. The van der Waals surface area contributed by atoms with Crippen molar-refractivity contribution in [2.24, 2.45) is 0 Å². The number of hydrogen-bond donors (Lipinski definition) is 0. The summed E-state index contributed by atoms with van der Waals surface area (Å²) < 4.78 is 44.6. The molecular formula is C23H14F3NO2S. The van der Waals surface area contributed by atoms with Gasteiger partial charge in [-0.2, -0.15) is 13.2 Å². The summed E-state index contributed by atoms with van der Waals surface area (Å²) in [6.07, 6.45) is -1.58. The maximum atomic E-state index is 12.6. The van der Waals surface area contributed by atoms with Crippen molar-refractivity contribution in [3.8, 4) is 10.9 Å². The van der Waals surface area contributed by atoms with Gasteiger partial charge in [-0.05, 0) is 60.2 Å². The zero-order chi connectivity index (χ0) is 21.1. The Morgan fingerprint density at radius 2 is 1.63 bits per heavy atom. The van der Waals surface area contributed by atoms with Crippen LogP contribution in [-0.2, 0) is 6.18 Å². The number of halogens is 3. The molecule has 0 aliphatic carbocycles. The van der Waals surface area contributed by atoms with Crippen LogP contribution in [0.25, 0.3) is 16.3 Å². The molecule has 0 spiro atoms. The van der Waals surface area contributed by atoms with E-state index in [1.807, 2.05) is 24.3 Å². The van der Waals surface area contributed by atoms with E-state index in [0.29, 0.717) is 22.1 Å². The van der Waals surface area contributed by atoms with Crippen LogP contribution in [-0.4, -0.2) is 10.8 Å². The molecule has 150 valence electrons. The zero-order valence-corrected chi connectivity index (χ0v) is 16.2. The van der Waals surface area contributed by atoms with Gasteiger partial charge in [-0.1, -0.05) is 41.7 Å². The number of allylic oxidation sites excluding steroid dienone is 1. The first kappa shape index (κ1) is 19.8. The van der Waals surface area contributed by atoms with Crippen molar-refractivity contribution in [2.45, 2.75) is 6.18 Å². The Hall–Kier alpha value is -3.45. The lowest BCUT2D eigenvalue weighted by molar-refractivity contribution is -0.137. The molecular weight excluding hydrogens is 411 g/mol. The number of nitrogens with zero attached hydrogens (tertiary/aromatic N) is 1. The van der Waals surface area contributed by atoms with Gasteiger partial charge in [0.05, 0.1) is 15.8 Å². The first-order chi connectivity index (χ1) is 14.4. The second-order valence-electron chi connectivity index (χ2n) is 6.39. The molecule has 0 aliphatic heterocycles. The summed E-state index contributed by atoms with van der Waals surface area (Å²) in [6, 6.07) is 18.9. The Morgan fingerprint density at radius 1 is 0.933 bits per heavy atom. The van der Waals surface area contributed by atoms with E-state index >= 15 is 0 Å². The summed E-state index contributed by atoms with van der Waals surface area (Å²) in [5.74, 6) is 0.291. The van der Waals surface area contributed by atoms with Crippen molar-refractivity contribution in [2.75, 3.05) is 0 Å². The highest BCUT2D eigenvalue weighted by Crippen LogP contribution is 2.31. The van der Waals surface area contributed by atoms with Gasteiger partial charge >= 0.3 is 6.18 Å². The van der Waals surface area contributed by atoms with Crippen LogP contribution < -0.4 is 4.74 Å². The number of benzene rings is 3. The Labute approximate surface area is 174 Å². The molecule has 1 aromatic heterocycles. The summed E-state index contributed by atoms with van der Waals surface area (Å²) in [5.41, 5.74) is 1.08. The highest BCUT2D eigenvalue weighted by molar-refractivity contribution is 7.20. The number of carbonyl (C=O) groups is 1. The maximum absolute atomic E-state index is 12.6. The minimum atomic E-state index is -4.38. The van der Waals surface area contributed by atoms with Crippen LogP contribution >= 0.6 is 11.3 Å². The van der Waals surface area contributed by atoms with Gasteiger partial charge in [-0.25, -0.2) is 4.98 Å². The maximum Gasteiger partial charge on any atom is 0.416 e. The van der Waals surface area contributed by atoms with Gasteiger partial charge in [0.2, 0.25) is 0 Å². The lowest BCUT2D eigenvalue weighted by Crippen LogP contribution is -2.04. The SMILES string of the molecule is O=C(/C=C/c1ccc(C(F)(F)F)cc1)c1ccc(Oc2nc3ccccc3s2)cc1. The number of thiazole rings is 1. The number of alkyl halides is 3. The van der Waals surface area contributed by atoms with E-state index in [4.69, 9.17) is 4.74 Å². The van der Waals surface area contributed by atoms with Crippen molar-refractivity contribution >= 4 is 33.4 Å². The third kappa shape index (κ3) is 4.58. The van der Waals surface area contributed by atoms with Crippen LogP contribution in [0.3, 0.4) is 0 Å². The summed E-state index contributed by atoms with van der Waals surface area (Å²) in [5, 5.41) is 0.512. The molecule has 3 aromatic carbocycles. The van der Waals surface area contributed by atoms with E-state index in [1.165, 1.54) is 35.6 Å². The molecule has 1 heterocycles. The molecule has 0 saturated carbocycles. The highest BCUT2D eigenvalue weighted by atomic mass is 32.1. The smallest absolute Gasteiger partial charge is 0.416 e. The normalized spacial score (nSPS) is 11.8. The molecule has 0 N–H and O–H groups in total. The van der Waals surface area contributed by atoms with E-state index < -0.39 is 11.7 Å². The first-order valence-corrected chi connectivity index (χ1v) is 9.73. The molecule has 0 radical (unpaired) electrons. The number of ether oxygens (including phenoxy) is 1. The van der Waals surface area contributed by atoms with Crippen LogP contribution in [0, 0.1) is 0 Å². The first-order valence-electron chi connectivity index (χ1n) is 8.92. The van der Waals surface area contributed by atoms with E-state index in [2.05, 4.69) is 4.98 Å². The molecule has 4 rings (SSSR count). The van der Waals surface area contributed by atoms with Gasteiger partial charge in [0, 0.05) is 5.56 Å². The molecule has 4 aromatic rings. The Kier molecular flexibility index (Phi) is 5.37. The second-order valence-corrected chi connectivity index (χ2v) is 7.38. The Bertz CT molecular complexity index is 1180. The number of carbonyl (C=O) groups excluding carboxylic acids is 1. The van der Waals surface area contributed by atoms with Crippen LogP contribution in [0.4, 0.5) is 13.2 Å². The summed E-state index contributed by atoms with van der Waals surface area (Å²) in [7, 11) is 0. The van der Waals surface area contributed by atoms with Crippen molar-refractivity contribution in [1.29, 1.82) is 0 Å². The number of fused-ring (bicyclic) bond motifs is 1. The van der Waals surface area contributed by atoms with E-state index in [-0.39, 0.29) is 5.78 Å². The number of ketones is 1. The molecule has 7 heteroatoms. The molecule has 30 heavy (non-hydrogen) atoms. The predicted octanol–water partition coefficient (Wildman–Crippen LogP) is 7.00. The summed E-state index contributed by atoms with van der Waals surface area (Å²) in [6.45, 7) is 0. The molecule has 0 aliphatic rings. The zero-order valence-electron chi connectivity index (χ0n) is 15.4. The monoisotopic (exact) mass is 425 g/mol. The molecule has 0 fully saturated rings. The van der Waals surface area contributed by atoms with Crippen molar-refractivity contribution < 1.29 is 22.7 Å². The fraction of sp³-hybridized carbons (Fsp3) is 0.0435. The van der Waals surface area contributed by atoms with Gasteiger partial charge in [0.15, 0.2) is 5.78 Å². The number of hydrogen-bond acceptors (Lipinski definition) is 4. The average Bonchev–Trinajstić information content (AvgIpc) is 3.14. The van der Waals surface area contributed by atoms with E-state index in [1.54, 1.807) is 24.3 Å². The summed E-state index contributed by atoms with van der Waals surface area (Å²) in [4.78, 5) is 16.7. The molecule has 0 atom stereocenters. The van der Waals surface area contributed by atoms with Crippen molar-refractivity contribution in [3.63, 3.8) is 0 Å². The van der Waals surface area contributed by atoms with Gasteiger partial charge in [0.25, 0.3) is 5.19 Å². The molecule has 0 unspecified atom stereocenters. The largest absolute Gasteiger partial charge is 0.431 e. The van der Waals surface area contributed by atoms with E-state index in [9.17, 15) is 18.0 Å². The van der Waals surface area contributed by atoms with E-state index in [0.717, 1.165) is 22.3 Å². The van der Waals surface area contributed by atoms with Crippen LogP contribution in [0.2, 0.25) is 0 Å². The third-order valence-electron chi connectivity index (χ3n) is 4.28. The lowest BCUT2D eigenvalue weighted by Gasteiger charge is -2.05. The molecule has 0 amide bonds. The predicted molar refractivity (Wildman–Crippen MR) is 111 cm³/mol. The topological polar surface area (TPSA) is 39.2 Å². The fourth-order valence-corrected chi connectivity index (χ4v) is 3.57. The molecule has 0 bridgehead atoms. The van der Waals surface area contributed by atoms with Gasteiger partial charge < -0.3 is 4.74 Å². The third-order valence-corrected chi connectivity index (χ3v) is 5.20. The summed E-state index contributed by atoms with van der Waals surface area (Å²) >= 11 is 1.43. The van der Waals surface area contributed by atoms with Crippen molar-refractivity contribution in [1.82, 2.24) is 4.98 Å². The molecule has 3 nitrogen and oxygen atoms in total. The number of aromatic nitrogens is 1. The van der Waals surface area contributed by atoms with Crippen molar-refractivity contribution in [3.05, 3.63) is 95.6 Å². The standard InChI is InChI=1S/C23H14F3NO2S/c24-23(25,26)17-10-5-15(6-11-17)7-14-20(28)16-8-12-18(13-9-16)29-22-27-19-3-1-2-4-21(19)30-22/h1-14H/b14-7+. The minimum Gasteiger partial charge on any atom is -0.431 e. The molecule has 0 saturated heterocycles. The quantitative estimate of drug-likeness (QED) is 0.255. The average molecular weight is 425 g/mol. The van der Waals surface area contributed by atoms with Crippen LogP contribution in [0.5, 0.6) is 10.9 Å². The highest BCUT2D eigenvalue weighted by Gasteiger charge is 2.29. The number of para-hydroxylation sites is 1. The van der Waals surface area contributed by atoms with Gasteiger partial charge in [-0.3, -0.25) is 4.79 Å². The Balaban J connectivity index is 1.41. The number of rotatable bonds is 5. The fourth-order valence-electron chi connectivity index (χ4n) is 2.73. The van der Waals surface area contributed by atoms with Crippen LogP contribution in [0.1, 0.15) is 21.5 Å². The lowest BCUT2D eigenvalue weighted by atomic mass is 10.1. The van der Waals surface area contributed by atoms with Gasteiger partial charge in [-0.15, -0.1) is 0 Å². The minimum absolute atomic E-state index is 0.263. The van der Waals surface area contributed by atoms with Crippen LogP contribution in [0.15, 0.2) is 78.9 Å².